The van der Waals surface area contributed by atoms with Crippen molar-refractivity contribution in [2.45, 2.75) is 490 Å². The van der Waals surface area contributed by atoms with Crippen LogP contribution in [0.3, 0.4) is 0 Å². The zero-order chi connectivity index (χ0) is 78.5. The van der Waals surface area contributed by atoms with Crippen LogP contribution in [-0.2, 0) is 65.4 Å². The van der Waals surface area contributed by atoms with Gasteiger partial charge in [0.05, 0.1) is 26.4 Å². The van der Waals surface area contributed by atoms with Gasteiger partial charge in [0.15, 0.2) is 12.2 Å². The van der Waals surface area contributed by atoms with Gasteiger partial charge in [0.1, 0.15) is 19.3 Å². The Bertz CT molecular complexity index is 2050. The van der Waals surface area contributed by atoms with Gasteiger partial charge in [-0.05, 0) is 37.5 Å². The van der Waals surface area contributed by atoms with Crippen molar-refractivity contribution in [3.63, 3.8) is 0 Å². The highest BCUT2D eigenvalue weighted by Gasteiger charge is 2.31. The fraction of sp³-hybridized carbons (Fsp3) is 0.955. The Morgan fingerprint density at radius 3 is 0.710 bits per heavy atom. The van der Waals surface area contributed by atoms with E-state index in [1.54, 1.807) is 0 Å². The first-order valence-electron chi connectivity index (χ1n) is 45.5. The Kier molecular flexibility index (Phi) is 77.9. The van der Waals surface area contributed by atoms with E-state index in [0.717, 1.165) is 108 Å². The molecule has 0 aromatic carbocycles. The molecule has 0 aliphatic heterocycles. The summed E-state index contributed by atoms with van der Waals surface area (Å²) < 4.78 is 69.0. The Balaban J connectivity index is 5.23. The topological polar surface area (TPSA) is 237 Å². The number of carbonyl (C=O) groups is 4. The van der Waals surface area contributed by atoms with Gasteiger partial charge in [-0.3, -0.25) is 37.3 Å². The highest BCUT2D eigenvalue weighted by atomic mass is 31.2. The Morgan fingerprint density at radius 1 is 0.271 bits per heavy atom. The summed E-state index contributed by atoms with van der Waals surface area (Å²) in [6.07, 6.45) is 72.4. The maximum absolute atomic E-state index is 13.2. The average Bonchev–Trinajstić information content (AvgIpc) is 0.905. The summed E-state index contributed by atoms with van der Waals surface area (Å²) in [5, 5.41) is 10.7. The monoisotopic (exact) mass is 1560 g/mol. The fourth-order valence-corrected chi connectivity index (χ4v) is 15.3. The zero-order valence-electron chi connectivity index (χ0n) is 70.5. The molecule has 0 aromatic rings. The summed E-state index contributed by atoms with van der Waals surface area (Å²) in [7, 11) is -9.93. The molecular formula is C88H172O17P2. The van der Waals surface area contributed by atoms with E-state index in [-0.39, 0.29) is 25.7 Å². The molecule has 17 nitrogen and oxygen atoms in total. The first-order chi connectivity index (χ1) is 51.9. The van der Waals surface area contributed by atoms with E-state index in [9.17, 15) is 43.2 Å². The molecule has 0 saturated heterocycles. The molecule has 107 heavy (non-hydrogen) atoms. The number of aliphatic hydroxyl groups is 1. The number of hydrogen-bond acceptors (Lipinski definition) is 15. The van der Waals surface area contributed by atoms with Gasteiger partial charge in [0, 0.05) is 25.7 Å². The lowest BCUT2D eigenvalue weighted by Gasteiger charge is -2.21. The zero-order valence-corrected chi connectivity index (χ0v) is 72.2. The molecule has 3 unspecified atom stereocenters. The number of rotatable bonds is 87. The molecule has 0 radical (unpaired) electrons. The summed E-state index contributed by atoms with van der Waals surface area (Å²) in [4.78, 5) is 73.3. The average molecular weight is 1560 g/mol. The van der Waals surface area contributed by atoms with Gasteiger partial charge in [-0.2, -0.15) is 0 Å². The highest BCUT2D eigenvalue weighted by Crippen LogP contribution is 2.45. The van der Waals surface area contributed by atoms with Crippen LogP contribution in [0.25, 0.3) is 0 Å². The van der Waals surface area contributed by atoms with E-state index in [4.69, 9.17) is 37.0 Å². The van der Waals surface area contributed by atoms with Crippen molar-refractivity contribution >= 4 is 39.5 Å². The van der Waals surface area contributed by atoms with Gasteiger partial charge < -0.3 is 33.8 Å². The number of phosphoric ester groups is 2. The second-order valence-corrected chi connectivity index (χ2v) is 35.3. The van der Waals surface area contributed by atoms with Crippen LogP contribution in [0.15, 0.2) is 0 Å². The van der Waals surface area contributed by atoms with E-state index < -0.39 is 97.5 Å². The van der Waals surface area contributed by atoms with Crippen LogP contribution in [0.4, 0.5) is 0 Å². The van der Waals surface area contributed by atoms with Gasteiger partial charge in [0.25, 0.3) is 0 Å². The lowest BCUT2D eigenvalue weighted by atomic mass is 10.00. The van der Waals surface area contributed by atoms with Crippen molar-refractivity contribution in [3.05, 3.63) is 0 Å². The van der Waals surface area contributed by atoms with Crippen molar-refractivity contribution in [2.75, 3.05) is 39.6 Å². The first kappa shape index (κ1) is 105. The maximum Gasteiger partial charge on any atom is 0.472 e. The number of aliphatic hydroxyl groups excluding tert-OH is 1. The first-order valence-corrected chi connectivity index (χ1v) is 48.5. The Morgan fingerprint density at radius 2 is 0.477 bits per heavy atom. The number of phosphoric acid groups is 2. The second kappa shape index (κ2) is 79.3. The summed E-state index contributed by atoms with van der Waals surface area (Å²) in [5.74, 6) is -0.576. The maximum atomic E-state index is 13.2. The molecule has 0 aliphatic rings. The minimum Gasteiger partial charge on any atom is -0.462 e. The van der Waals surface area contributed by atoms with Crippen LogP contribution >= 0.6 is 15.6 Å². The number of carbonyl (C=O) groups excluding carboxylic acids is 4. The minimum atomic E-state index is -4.97. The van der Waals surface area contributed by atoms with Gasteiger partial charge in [-0.1, -0.05) is 420 Å². The van der Waals surface area contributed by atoms with Crippen LogP contribution in [0.1, 0.15) is 472 Å². The molecule has 0 bridgehead atoms. The molecule has 636 valence electrons. The predicted molar refractivity (Wildman–Crippen MR) is 442 cm³/mol. The molecule has 0 amide bonds. The standard InChI is InChI=1S/C88H172O17P2/c1-7-10-12-14-16-18-20-22-24-26-28-30-32-34-39-43-47-51-58-64-70-85(90)98-76-83(104-87(92)72-66-60-52-48-44-40-35-33-31-29-27-25-23-21-19-17-15-13-11-8-2)78-102-106(94,95)100-74-82(89)75-101-107(96,97)103-79-84(77-99-86(91)71-65-59-55-54-57-63-69-81(6)9-3)105-88(93)73-67-61-53-49-45-41-37-36-38-42-46-50-56-62-68-80(4)5/h80-84,89H,7-79H2,1-6H3,(H,94,95)(H,96,97)/t81?,82-,83-,84-/m1/s1. The molecule has 0 heterocycles. The van der Waals surface area contributed by atoms with Crippen molar-refractivity contribution < 1.29 is 80.2 Å². The Labute approximate surface area is 658 Å². The molecule has 0 fully saturated rings. The minimum absolute atomic E-state index is 0.107. The Hall–Kier alpha value is -1.94. The smallest absolute Gasteiger partial charge is 0.462 e. The molecule has 0 saturated carbocycles. The van der Waals surface area contributed by atoms with E-state index in [0.29, 0.717) is 25.7 Å². The molecule has 0 aromatic heterocycles. The quantitative estimate of drug-likeness (QED) is 0.0222. The summed E-state index contributed by atoms with van der Waals surface area (Å²) in [6.45, 7) is 9.66. The van der Waals surface area contributed by atoms with E-state index in [1.165, 1.54) is 283 Å². The van der Waals surface area contributed by atoms with Gasteiger partial charge in [-0.25, -0.2) is 9.13 Å². The van der Waals surface area contributed by atoms with Crippen LogP contribution in [0.5, 0.6) is 0 Å². The largest absolute Gasteiger partial charge is 0.472 e. The number of unbranched alkanes of at least 4 members (excludes halogenated alkanes) is 56. The number of hydrogen-bond donors (Lipinski definition) is 3. The molecule has 0 spiro atoms. The van der Waals surface area contributed by atoms with Crippen LogP contribution in [-0.4, -0.2) is 96.7 Å². The van der Waals surface area contributed by atoms with Crippen LogP contribution in [0.2, 0.25) is 0 Å². The molecule has 0 aliphatic carbocycles. The summed E-state index contributed by atoms with van der Waals surface area (Å²) in [6, 6.07) is 0. The lowest BCUT2D eigenvalue weighted by Crippen LogP contribution is -2.30. The highest BCUT2D eigenvalue weighted by molar-refractivity contribution is 7.47. The molecule has 6 atom stereocenters. The van der Waals surface area contributed by atoms with Gasteiger partial charge >= 0.3 is 39.5 Å². The van der Waals surface area contributed by atoms with E-state index in [1.807, 2.05) is 0 Å². The van der Waals surface area contributed by atoms with Gasteiger partial charge in [0.2, 0.25) is 0 Å². The SMILES string of the molecule is CCCCCCCCCCCCCCCCCCCCCCC(=O)OC[C@H](COP(=O)(O)OC[C@@H](O)COP(=O)(O)OC[C@@H](COC(=O)CCCCCCCCC(C)CC)OC(=O)CCCCCCCCCCCCCCCCC(C)C)OC(=O)CCCCCCCCCCCCCCCCCCCCCC. The van der Waals surface area contributed by atoms with Crippen LogP contribution < -0.4 is 0 Å². The molecule has 3 N–H and O–H groups in total. The molecular weight excluding hydrogens is 1390 g/mol. The summed E-state index contributed by atoms with van der Waals surface area (Å²) >= 11 is 0. The lowest BCUT2D eigenvalue weighted by molar-refractivity contribution is -0.161. The summed E-state index contributed by atoms with van der Waals surface area (Å²) in [5.41, 5.74) is 0. The fourth-order valence-electron chi connectivity index (χ4n) is 13.7. The molecule has 19 heteroatoms. The number of esters is 4. The van der Waals surface area contributed by atoms with Crippen molar-refractivity contribution in [2.24, 2.45) is 11.8 Å². The number of ether oxygens (including phenoxy) is 4. The predicted octanol–water partition coefficient (Wildman–Crippen LogP) is 27.0. The third-order valence-electron chi connectivity index (χ3n) is 21.1. The van der Waals surface area contributed by atoms with Crippen molar-refractivity contribution in [3.8, 4) is 0 Å². The normalized spacial score (nSPS) is 14.0. The van der Waals surface area contributed by atoms with Crippen LogP contribution in [0, 0.1) is 11.8 Å². The van der Waals surface area contributed by atoms with Crippen molar-refractivity contribution in [1.29, 1.82) is 0 Å². The second-order valence-electron chi connectivity index (χ2n) is 32.4. The third-order valence-corrected chi connectivity index (χ3v) is 23.0. The van der Waals surface area contributed by atoms with E-state index in [2.05, 4.69) is 41.5 Å². The third kappa shape index (κ3) is 80.5. The van der Waals surface area contributed by atoms with Crippen molar-refractivity contribution in [1.82, 2.24) is 0 Å². The van der Waals surface area contributed by atoms with E-state index >= 15 is 0 Å². The molecule has 0 rings (SSSR count). The van der Waals surface area contributed by atoms with Gasteiger partial charge in [-0.15, -0.1) is 0 Å².